The third kappa shape index (κ3) is 2.03. The molecular weight excluding hydrogens is 204 g/mol. The first-order valence-electron chi connectivity index (χ1n) is 6.29. The molecule has 2 heterocycles. The first kappa shape index (κ1) is 11.7. The van der Waals surface area contributed by atoms with Gasteiger partial charge in [0.05, 0.1) is 13.1 Å². The lowest BCUT2D eigenvalue weighted by atomic mass is 9.83. The van der Waals surface area contributed by atoms with Crippen molar-refractivity contribution >= 4 is 6.03 Å². The number of nitrogens with zero attached hydrogens (tertiary/aromatic N) is 2. The van der Waals surface area contributed by atoms with E-state index in [2.05, 4.69) is 0 Å². The highest BCUT2D eigenvalue weighted by molar-refractivity contribution is 5.75. The molecule has 0 aromatic carbocycles. The Morgan fingerprint density at radius 1 is 1.12 bits per heavy atom. The zero-order valence-electron chi connectivity index (χ0n) is 10.3. The van der Waals surface area contributed by atoms with Crippen molar-refractivity contribution < 1.29 is 9.90 Å². The number of likely N-dealkylation sites (tertiary alicyclic amines) is 2. The van der Waals surface area contributed by atoms with Crippen LogP contribution in [0.25, 0.3) is 0 Å². The van der Waals surface area contributed by atoms with Crippen molar-refractivity contribution in [2.75, 3.05) is 26.2 Å². The first-order chi connectivity index (χ1) is 7.53. The maximum absolute atomic E-state index is 12.0. The number of hydrogen-bond donors (Lipinski definition) is 1. The predicted octanol–water partition coefficient (Wildman–Crippen LogP) is 1.30. The highest BCUT2D eigenvalue weighted by Crippen LogP contribution is 2.29. The van der Waals surface area contributed by atoms with Gasteiger partial charge in [-0.25, -0.2) is 4.79 Å². The highest BCUT2D eigenvalue weighted by Gasteiger charge is 2.46. The van der Waals surface area contributed by atoms with Crippen LogP contribution in [0.15, 0.2) is 0 Å². The average Bonchev–Trinajstić information content (AvgIpc) is 2.25. The molecule has 4 heteroatoms. The summed E-state index contributed by atoms with van der Waals surface area (Å²) in [5, 5.41) is 10.1. The summed E-state index contributed by atoms with van der Waals surface area (Å²) in [5.41, 5.74) is -0.647. The fourth-order valence-corrected chi connectivity index (χ4v) is 2.40. The lowest BCUT2D eigenvalue weighted by Gasteiger charge is -2.50. The molecule has 0 saturated carbocycles. The Labute approximate surface area is 97.2 Å². The van der Waals surface area contributed by atoms with Gasteiger partial charge in [0.25, 0.3) is 0 Å². The minimum Gasteiger partial charge on any atom is -0.386 e. The van der Waals surface area contributed by atoms with Gasteiger partial charge in [-0.15, -0.1) is 0 Å². The van der Waals surface area contributed by atoms with Gasteiger partial charge in [0, 0.05) is 13.1 Å². The summed E-state index contributed by atoms with van der Waals surface area (Å²) in [4.78, 5) is 15.7. The number of urea groups is 1. The van der Waals surface area contributed by atoms with E-state index < -0.39 is 5.60 Å². The van der Waals surface area contributed by atoms with Crippen LogP contribution in [0, 0.1) is 5.92 Å². The summed E-state index contributed by atoms with van der Waals surface area (Å²) in [5.74, 6) is 0.220. The van der Waals surface area contributed by atoms with Gasteiger partial charge in [-0.05, 0) is 25.2 Å². The maximum Gasteiger partial charge on any atom is 0.320 e. The molecule has 2 fully saturated rings. The van der Waals surface area contributed by atoms with Gasteiger partial charge < -0.3 is 14.9 Å². The molecule has 0 aromatic rings. The molecule has 2 aliphatic rings. The molecule has 92 valence electrons. The zero-order chi connectivity index (χ0) is 11.8. The Morgan fingerprint density at radius 3 is 2.19 bits per heavy atom. The van der Waals surface area contributed by atoms with E-state index in [0.717, 1.165) is 25.9 Å². The van der Waals surface area contributed by atoms with Crippen LogP contribution < -0.4 is 0 Å². The van der Waals surface area contributed by atoms with E-state index >= 15 is 0 Å². The Kier molecular flexibility index (Phi) is 3.10. The number of carbonyl (C=O) groups is 1. The maximum atomic E-state index is 12.0. The van der Waals surface area contributed by atoms with Crippen LogP contribution in [-0.4, -0.2) is 52.7 Å². The lowest BCUT2D eigenvalue weighted by molar-refractivity contribution is -0.112. The van der Waals surface area contributed by atoms with E-state index in [4.69, 9.17) is 0 Å². The second-order valence-electron chi connectivity index (χ2n) is 5.44. The van der Waals surface area contributed by atoms with Crippen LogP contribution >= 0.6 is 0 Å². The molecule has 0 atom stereocenters. The molecule has 2 amide bonds. The molecular formula is C12H22N2O2. The number of β-amino-alcohol motifs (C(OH)–C–C–N with tert-alkyl or cyclic N) is 1. The molecule has 2 aliphatic heterocycles. The molecule has 0 aromatic heterocycles. The molecule has 0 aliphatic carbocycles. The van der Waals surface area contributed by atoms with Crippen molar-refractivity contribution in [3.63, 3.8) is 0 Å². The van der Waals surface area contributed by atoms with Crippen LogP contribution in [0.5, 0.6) is 0 Å². The van der Waals surface area contributed by atoms with Crippen LogP contribution in [0.4, 0.5) is 4.79 Å². The van der Waals surface area contributed by atoms with Gasteiger partial charge in [0.15, 0.2) is 0 Å². The molecule has 0 radical (unpaired) electrons. The SMILES string of the molecule is CC(C)C1(O)CN(C(=O)N2CCCCC2)C1. The second kappa shape index (κ2) is 4.24. The van der Waals surface area contributed by atoms with Crippen molar-refractivity contribution in [3.8, 4) is 0 Å². The second-order valence-corrected chi connectivity index (χ2v) is 5.44. The minimum absolute atomic E-state index is 0.116. The summed E-state index contributed by atoms with van der Waals surface area (Å²) >= 11 is 0. The molecule has 1 N–H and O–H groups in total. The summed E-state index contributed by atoms with van der Waals surface area (Å²) in [6.45, 7) is 6.77. The fraction of sp³-hybridized carbons (Fsp3) is 0.917. The normalized spacial score (nSPS) is 24.5. The Morgan fingerprint density at radius 2 is 1.69 bits per heavy atom. The minimum atomic E-state index is -0.647. The summed E-state index contributed by atoms with van der Waals surface area (Å²) in [6.07, 6.45) is 3.47. The van der Waals surface area contributed by atoms with Gasteiger partial charge in [-0.1, -0.05) is 13.8 Å². The van der Waals surface area contributed by atoms with Gasteiger partial charge in [-0.2, -0.15) is 0 Å². The topological polar surface area (TPSA) is 43.8 Å². The standard InChI is InChI=1S/C12H22N2O2/c1-10(2)12(16)8-14(9-12)11(15)13-6-4-3-5-7-13/h10,16H,3-9H2,1-2H3. The van der Waals surface area contributed by atoms with Gasteiger partial charge in [0.1, 0.15) is 5.60 Å². The third-order valence-corrected chi connectivity index (χ3v) is 3.90. The smallest absolute Gasteiger partial charge is 0.320 e. The van der Waals surface area contributed by atoms with Crippen molar-refractivity contribution in [1.29, 1.82) is 0 Å². The third-order valence-electron chi connectivity index (χ3n) is 3.90. The van der Waals surface area contributed by atoms with E-state index in [-0.39, 0.29) is 11.9 Å². The number of piperidine rings is 1. The van der Waals surface area contributed by atoms with E-state index in [1.165, 1.54) is 6.42 Å². The summed E-state index contributed by atoms with van der Waals surface area (Å²) in [6, 6.07) is 0.116. The van der Waals surface area contributed by atoms with Gasteiger partial charge in [0.2, 0.25) is 0 Å². The Hall–Kier alpha value is -0.770. The molecule has 0 spiro atoms. The Bertz CT molecular complexity index is 266. The average molecular weight is 226 g/mol. The van der Waals surface area contributed by atoms with Crippen molar-refractivity contribution in [3.05, 3.63) is 0 Å². The van der Waals surface area contributed by atoms with Crippen LogP contribution in [0.1, 0.15) is 33.1 Å². The molecule has 0 unspecified atom stereocenters. The number of aliphatic hydroxyl groups is 1. The summed E-state index contributed by atoms with van der Waals surface area (Å²) in [7, 11) is 0. The number of amides is 2. The van der Waals surface area contributed by atoms with Crippen LogP contribution in [0.2, 0.25) is 0 Å². The van der Waals surface area contributed by atoms with E-state index in [1.807, 2.05) is 18.7 Å². The van der Waals surface area contributed by atoms with E-state index in [0.29, 0.717) is 13.1 Å². The Balaban J connectivity index is 1.84. The predicted molar refractivity (Wildman–Crippen MR) is 62.2 cm³/mol. The van der Waals surface area contributed by atoms with Crippen molar-refractivity contribution in [2.45, 2.75) is 38.7 Å². The highest BCUT2D eigenvalue weighted by atomic mass is 16.3. The quantitative estimate of drug-likeness (QED) is 0.732. The monoisotopic (exact) mass is 226 g/mol. The number of carbonyl (C=O) groups excluding carboxylic acids is 1. The molecule has 0 bridgehead atoms. The molecule has 4 nitrogen and oxygen atoms in total. The lowest BCUT2D eigenvalue weighted by Crippen LogP contribution is -2.68. The van der Waals surface area contributed by atoms with Crippen LogP contribution in [-0.2, 0) is 0 Å². The van der Waals surface area contributed by atoms with E-state index in [1.54, 1.807) is 4.90 Å². The summed E-state index contributed by atoms with van der Waals surface area (Å²) < 4.78 is 0. The van der Waals surface area contributed by atoms with Gasteiger partial charge in [-0.3, -0.25) is 0 Å². The van der Waals surface area contributed by atoms with Gasteiger partial charge >= 0.3 is 6.03 Å². The van der Waals surface area contributed by atoms with Crippen molar-refractivity contribution in [1.82, 2.24) is 9.80 Å². The van der Waals surface area contributed by atoms with Crippen molar-refractivity contribution in [2.24, 2.45) is 5.92 Å². The van der Waals surface area contributed by atoms with Crippen LogP contribution in [0.3, 0.4) is 0 Å². The number of hydrogen-bond acceptors (Lipinski definition) is 2. The largest absolute Gasteiger partial charge is 0.386 e. The molecule has 2 saturated heterocycles. The number of rotatable bonds is 1. The van der Waals surface area contributed by atoms with E-state index in [9.17, 15) is 9.90 Å². The zero-order valence-corrected chi connectivity index (χ0v) is 10.3. The molecule has 2 rings (SSSR count). The first-order valence-corrected chi connectivity index (χ1v) is 6.29. The molecule has 16 heavy (non-hydrogen) atoms. The fourth-order valence-electron chi connectivity index (χ4n) is 2.40.